The van der Waals surface area contributed by atoms with E-state index in [4.69, 9.17) is 5.73 Å². The van der Waals surface area contributed by atoms with Crippen LogP contribution in [0.5, 0.6) is 0 Å². The van der Waals surface area contributed by atoms with Crippen LogP contribution in [0.4, 0.5) is 4.39 Å². The summed E-state index contributed by atoms with van der Waals surface area (Å²) in [5, 5.41) is 0. The minimum atomic E-state index is -1.25. The molecule has 0 saturated heterocycles. The van der Waals surface area contributed by atoms with E-state index in [1.54, 1.807) is 0 Å². The molecule has 0 aliphatic heterocycles. The van der Waals surface area contributed by atoms with E-state index in [9.17, 15) is 4.39 Å². The predicted octanol–water partition coefficient (Wildman–Crippen LogP) is 2.92. The Morgan fingerprint density at radius 2 is 2.00 bits per heavy atom. The maximum Gasteiger partial charge on any atom is 0.126 e. The van der Waals surface area contributed by atoms with Crippen molar-refractivity contribution in [1.29, 1.82) is 0 Å². The van der Waals surface area contributed by atoms with E-state index in [-0.39, 0.29) is 6.54 Å². The van der Waals surface area contributed by atoms with Crippen molar-refractivity contribution in [3.8, 4) is 0 Å². The Bertz CT molecular complexity index is 329. The largest absolute Gasteiger partial charge is 0.328 e. The molecule has 15 heavy (non-hydrogen) atoms. The highest BCUT2D eigenvalue weighted by Gasteiger charge is 2.26. The molecular formula is C13H20FN. The second-order valence-electron chi connectivity index (χ2n) is 4.32. The van der Waals surface area contributed by atoms with Gasteiger partial charge in [0.2, 0.25) is 0 Å². The van der Waals surface area contributed by atoms with Crippen molar-refractivity contribution >= 4 is 0 Å². The van der Waals surface area contributed by atoms with Gasteiger partial charge in [0.1, 0.15) is 5.67 Å². The lowest BCUT2D eigenvalue weighted by atomic mass is 9.91. The summed E-state index contributed by atoms with van der Waals surface area (Å²) in [4.78, 5) is 0. The predicted molar refractivity (Wildman–Crippen MR) is 62.8 cm³/mol. The van der Waals surface area contributed by atoms with Crippen molar-refractivity contribution in [3.05, 3.63) is 34.9 Å². The van der Waals surface area contributed by atoms with Gasteiger partial charge in [-0.3, -0.25) is 0 Å². The van der Waals surface area contributed by atoms with Gasteiger partial charge in [-0.1, -0.05) is 30.7 Å². The summed E-state index contributed by atoms with van der Waals surface area (Å²) in [5.41, 5.74) is 7.62. The number of hydrogen-bond acceptors (Lipinski definition) is 1. The highest BCUT2D eigenvalue weighted by atomic mass is 19.1. The molecule has 0 heterocycles. The second-order valence-corrected chi connectivity index (χ2v) is 4.32. The first-order valence-corrected chi connectivity index (χ1v) is 5.46. The highest BCUT2D eigenvalue weighted by Crippen LogP contribution is 2.23. The van der Waals surface area contributed by atoms with Crippen LogP contribution in [0.1, 0.15) is 30.0 Å². The summed E-state index contributed by atoms with van der Waals surface area (Å²) in [5.74, 6) is 0. The number of benzene rings is 1. The lowest BCUT2D eigenvalue weighted by Crippen LogP contribution is -2.34. The van der Waals surface area contributed by atoms with Gasteiger partial charge < -0.3 is 5.73 Å². The van der Waals surface area contributed by atoms with Crippen LogP contribution >= 0.6 is 0 Å². The number of aryl methyl sites for hydroxylation is 2. The maximum absolute atomic E-state index is 14.1. The molecule has 0 saturated carbocycles. The third-order valence-electron chi connectivity index (χ3n) is 3.01. The number of rotatable bonds is 4. The van der Waals surface area contributed by atoms with Gasteiger partial charge in [0.25, 0.3) is 0 Å². The van der Waals surface area contributed by atoms with Crippen molar-refractivity contribution in [2.75, 3.05) is 6.54 Å². The minimum absolute atomic E-state index is 0.0941. The van der Waals surface area contributed by atoms with Crippen LogP contribution in [-0.2, 0) is 6.42 Å². The minimum Gasteiger partial charge on any atom is -0.328 e. The second kappa shape index (κ2) is 4.75. The maximum atomic E-state index is 14.1. The van der Waals surface area contributed by atoms with Crippen LogP contribution in [0, 0.1) is 13.8 Å². The molecule has 0 fully saturated rings. The van der Waals surface area contributed by atoms with Crippen LogP contribution in [-0.4, -0.2) is 12.2 Å². The van der Waals surface area contributed by atoms with Gasteiger partial charge in [-0.15, -0.1) is 0 Å². The van der Waals surface area contributed by atoms with Crippen molar-refractivity contribution in [1.82, 2.24) is 0 Å². The molecule has 84 valence electrons. The van der Waals surface area contributed by atoms with E-state index in [1.807, 2.05) is 32.9 Å². The van der Waals surface area contributed by atoms with Crippen molar-refractivity contribution in [3.63, 3.8) is 0 Å². The lowest BCUT2D eigenvalue weighted by molar-refractivity contribution is 0.167. The molecule has 1 rings (SSSR count). The average molecular weight is 209 g/mol. The summed E-state index contributed by atoms with van der Waals surface area (Å²) in [6.07, 6.45) is 0.893. The molecule has 0 radical (unpaired) electrons. The molecule has 2 heteroatoms. The van der Waals surface area contributed by atoms with E-state index >= 15 is 0 Å². The van der Waals surface area contributed by atoms with Crippen LogP contribution < -0.4 is 5.73 Å². The summed E-state index contributed by atoms with van der Waals surface area (Å²) in [7, 11) is 0. The highest BCUT2D eigenvalue weighted by molar-refractivity contribution is 5.31. The van der Waals surface area contributed by atoms with Gasteiger partial charge in [0.05, 0.1) is 0 Å². The first-order chi connectivity index (χ1) is 7.00. The van der Waals surface area contributed by atoms with Crippen LogP contribution in [0.15, 0.2) is 18.2 Å². The molecule has 1 nitrogen and oxygen atoms in total. The van der Waals surface area contributed by atoms with Gasteiger partial charge in [0.15, 0.2) is 0 Å². The molecule has 0 aliphatic rings. The SMILES string of the molecule is CCC(F)(CN)Cc1cc(C)ccc1C. The zero-order valence-corrected chi connectivity index (χ0v) is 9.81. The molecule has 0 spiro atoms. The van der Waals surface area contributed by atoms with E-state index in [0.717, 1.165) is 11.1 Å². The van der Waals surface area contributed by atoms with Gasteiger partial charge in [-0.05, 0) is 31.4 Å². The standard InChI is InChI=1S/C13H20FN/c1-4-13(14,9-15)8-12-7-10(2)5-6-11(12)3/h5-7H,4,8-9,15H2,1-3H3. The first kappa shape index (κ1) is 12.2. The molecule has 0 amide bonds. The van der Waals surface area contributed by atoms with E-state index in [0.29, 0.717) is 12.8 Å². The Labute approximate surface area is 91.5 Å². The molecular weight excluding hydrogens is 189 g/mol. The average Bonchev–Trinajstić information content (AvgIpc) is 2.23. The molecule has 2 N–H and O–H groups in total. The fourth-order valence-electron chi connectivity index (χ4n) is 1.67. The van der Waals surface area contributed by atoms with Crippen molar-refractivity contribution in [2.24, 2.45) is 5.73 Å². The molecule has 1 aromatic rings. The Balaban J connectivity index is 2.92. The Hall–Kier alpha value is -0.890. The number of nitrogens with two attached hydrogens (primary N) is 1. The number of alkyl halides is 1. The zero-order valence-electron chi connectivity index (χ0n) is 9.81. The third kappa shape index (κ3) is 3.03. The quantitative estimate of drug-likeness (QED) is 0.810. The van der Waals surface area contributed by atoms with Crippen LogP contribution in [0.3, 0.4) is 0 Å². The lowest BCUT2D eigenvalue weighted by Gasteiger charge is -2.23. The fraction of sp³-hybridized carbons (Fsp3) is 0.538. The first-order valence-electron chi connectivity index (χ1n) is 5.46. The smallest absolute Gasteiger partial charge is 0.126 e. The zero-order chi connectivity index (χ0) is 11.5. The molecule has 1 unspecified atom stereocenters. The van der Waals surface area contributed by atoms with Crippen molar-refractivity contribution in [2.45, 2.75) is 39.3 Å². The molecule has 0 aromatic heterocycles. The Morgan fingerprint density at radius 1 is 1.33 bits per heavy atom. The molecule has 0 aliphatic carbocycles. The van der Waals surface area contributed by atoms with Gasteiger partial charge in [-0.2, -0.15) is 0 Å². The van der Waals surface area contributed by atoms with Gasteiger partial charge in [0, 0.05) is 13.0 Å². The van der Waals surface area contributed by atoms with Crippen LogP contribution in [0.2, 0.25) is 0 Å². The number of halogens is 1. The van der Waals surface area contributed by atoms with Crippen LogP contribution in [0.25, 0.3) is 0 Å². The van der Waals surface area contributed by atoms with E-state index in [1.165, 1.54) is 5.56 Å². The molecule has 0 bridgehead atoms. The Kier molecular flexibility index (Phi) is 3.86. The van der Waals surface area contributed by atoms with Crippen molar-refractivity contribution < 1.29 is 4.39 Å². The third-order valence-corrected chi connectivity index (χ3v) is 3.01. The normalized spacial score (nSPS) is 15.0. The van der Waals surface area contributed by atoms with Gasteiger partial charge in [-0.25, -0.2) is 4.39 Å². The van der Waals surface area contributed by atoms with E-state index in [2.05, 4.69) is 6.07 Å². The fourth-order valence-corrected chi connectivity index (χ4v) is 1.67. The molecule has 1 aromatic carbocycles. The van der Waals surface area contributed by atoms with Gasteiger partial charge >= 0.3 is 0 Å². The summed E-state index contributed by atoms with van der Waals surface area (Å²) in [6.45, 7) is 5.98. The topological polar surface area (TPSA) is 26.0 Å². The Morgan fingerprint density at radius 3 is 2.53 bits per heavy atom. The van der Waals surface area contributed by atoms with E-state index < -0.39 is 5.67 Å². The summed E-state index contributed by atoms with van der Waals surface area (Å²) < 4.78 is 14.1. The monoisotopic (exact) mass is 209 g/mol. The summed E-state index contributed by atoms with van der Waals surface area (Å²) >= 11 is 0. The molecule has 1 atom stereocenters. The summed E-state index contributed by atoms with van der Waals surface area (Å²) in [6, 6.07) is 6.14. The number of hydrogen-bond donors (Lipinski definition) is 1.